The van der Waals surface area contributed by atoms with Gasteiger partial charge in [-0.25, -0.2) is 4.98 Å². The first kappa shape index (κ1) is 13.2. The molecule has 2 heterocycles. The summed E-state index contributed by atoms with van der Waals surface area (Å²) in [6, 6.07) is 0.455. The Labute approximate surface area is 118 Å². The van der Waals surface area contributed by atoms with Crippen LogP contribution in [0.25, 0.3) is 0 Å². The van der Waals surface area contributed by atoms with Gasteiger partial charge in [0, 0.05) is 24.2 Å². The molecule has 1 aliphatic carbocycles. The van der Waals surface area contributed by atoms with E-state index in [1.54, 1.807) is 11.3 Å². The predicted octanol–water partition coefficient (Wildman–Crippen LogP) is 2.08. The molecule has 1 saturated heterocycles. The van der Waals surface area contributed by atoms with Gasteiger partial charge in [0.15, 0.2) is 0 Å². The lowest BCUT2D eigenvalue weighted by atomic mass is 10.1. The molecule has 2 aliphatic rings. The number of aromatic nitrogens is 1. The molecule has 4 nitrogen and oxygen atoms in total. The van der Waals surface area contributed by atoms with Gasteiger partial charge in [-0.15, -0.1) is 17.9 Å². The predicted molar refractivity (Wildman–Crippen MR) is 75.2 cm³/mol. The maximum absolute atomic E-state index is 5.95. The fraction of sp³-hybridized carbons (Fsp3) is 0.643. The highest BCUT2D eigenvalue weighted by Crippen LogP contribution is 2.32. The minimum absolute atomic E-state index is 0.181. The summed E-state index contributed by atoms with van der Waals surface area (Å²) in [6.45, 7) is 7.00. The Morgan fingerprint density at radius 1 is 1.58 bits per heavy atom. The van der Waals surface area contributed by atoms with E-state index in [2.05, 4.69) is 16.5 Å². The molecule has 1 aromatic rings. The van der Waals surface area contributed by atoms with Crippen molar-refractivity contribution in [3.63, 3.8) is 0 Å². The van der Waals surface area contributed by atoms with E-state index in [-0.39, 0.29) is 12.2 Å². The SMILES string of the molecule is C=CCO[C@H]1[C@H]2CC[C@H]1OCCN2Cc1nccs1. The Morgan fingerprint density at radius 3 is 3.32 bits per heavy atom. The topological polar surface area (TPSA) is 34.6 Å². The summed E-state index contributed by atoms with van der Waals surface area (Å²) < 4.78 is 11.9. The summed E-state index contributed by atoms with van der Waals surface area (Å²) in [7, 11) is 0. The van der Waals surface area contributed by atoms with Crippen LogP contribution in [0.5, 0.6) is 0 Å². The number of thiazole rings is 1. The van der Waals surface area contributed by atoms with Crippen LogP contribution in [0.3, 0.4) is 0 Å². The fourth-order valence-corrected chi connectivity index (χ4v) is 3.71. The van der Waals surface area contributed by atoms with Crippen LogP contribution in [-0.4, -0.2) is 47.9 Å². The van der Waals surface area contributed by atoms with E-state index in [0.717, 1.165) is 32.5 Å². The van der Waals surface area contributed by atoms with Crippen molar-refractivity contribution in [2.45, 2.75) is 37.6 Å². The van der Waals surface area contributed by atoms with Crippen molar-refractivity contribution >= 4 is 11.3 Å². The van der Waals surface area contributed by atoms with Crippen LogP contribution in [0.2, 0.25) is 0 Å². The molecule has 0 aromatic carbocycles. The third kappa shape index (κ3) is 2.89. The van der Waals surface area contributed by atoms with Crippen molar-refractivity contribution < 1.29 is 9.47 Å². The monoisotopic (exact) mass is 280 g/mol. The Kier molecular flexibility index (Phi) is 4.28. The van der Waals surface area contributed by atoms with Gasteiger partial charge in [0.05, 0.1) is 32.0 Å². The van der Waals surface area contributed by atoms with Crippen LogP contribution in [-0.2, 0) is 16.0 Å². The van der Waals surface area contributed by atoms with Gasteiger partial charge in [-0.3, -0.25) is 4.90 Å². The number of nitrogens with zero attached hydrogens (tertiary/aromatic N) is 2. The second-order valence-corrected chi connectivity index (χ2v) is 6.02. The minimum atomic E-state index is 0.181. The van der Waals surface area contributed by atoms with Gasteiger partial charge in [-0.1, -0.05) is 6.08 Å². The van der Waals surface area contributed by atoms with Gasteiger partial charge in [-0.2, -0.15) is 0 Å². The van der Waals surface area contributed by atoms with Gasteiger partial charge >= 0.3 is 0 Å². The van der Waals surface area contributed by atoms with Gasteiger partial charge < -0.3 is 9.47 Å². The van der Waals surface area contributed by atoms with E-state index in [1.807, 2.05) is 17.7 Å². The Morgan fingerprint density at radius 2 is 2.53 bits per heavy atom. The smallest absolute Gasteiger partial charge is 0.107 e. The standard InChI is InChI=1S/C14H20N2O2S/c1-2-7-18-14-11-3-4-12(14)17-8-6-16(11)10-13-15-5-9-19-13/h2,5,9,11-12,14H,1,3-4,6-8,10H2/t11-,12-,14+/m1/s1. The van der Waals surface area contributed by atoms with Crippen molar-refractivity contribution in [1.29, 1.82) is 0 Å². The summed E-state index contributed by atoms with van der Waals surface area (Å²) in [6.07, 6.45) is 6.37. The molecule has 1 saturated carbocycles. The van der Waals surface area contributed by atoms with Crippen LogP contribution in [0.4, 0.5) is 0 Å². The Hall–Kier alpha value is -0.750. The summed E-state index contributed by atoms with van der Waals surface area (Å²) in [5, 5.41) is 3.21. The van der Waals surface area contributed by atoms with E-state index in [1.165, 1.54) is 5.01 Å². The summed E-state index contributed by atoms with van der Waals surface area (Å²) >= 11 is 1.72. The highest BCUT2D eigenvalue weighted by Gasteiger charge is 2.42. The molecule has 3 atom stereocenters. The second kappa shape index (κ2) is 6.13. The first-order chi connectivity index (χ1) is 9.38. The molecule has 0 N–H and O–H groups in total. The molecular formula is C14H20N2O2S. The van der Waals surface area contributed by atoms with Gasteiger partial charge in [0.1, 0.15) is 5.01 Å². The minimum Gasteiger partial charge on any atom is -0.374 e. The van der Waals surface area contributed by atoms with E-state index in [0.29, 0.717) is 12.6 Å². The van der Waals surface area contributed by atoms with Gasteiger partial charge in [0.2, 0.25) is 0 Å². The molecule has 5 heteroatoms. The summed E-state index contributed by atoms with van der Waals surface area (Å²) in [4.78, 5) is 6.86. The van der Waals surface area contributed by atoms with E-state index < -0.39 is 0 Å². The van der Waals surface area contributed by atoms with Crippen molar-refractivity contribution in [2.75, 3.05) is 19.8 Å². The van der Waals surface area contributed by atoms with E-state index in [4.69, 9.17) is 9.47 Å². The zero-order chi connectivity index (χ0) is 13.1. The highest BCUT2D eigenvalue weighted by atomic mass is 32.1. The van der Waals surface area contributed by atoms with Crippen molar-refractivity contribution in [2.24, 2.45) is 0 Å². The first-order valence-electron chi connectivity index (χ1n) is 6.85. The fourth-order valence-electron chi connectivity index (χ4n) is 3.07. The largest absolute Gasteiger partial charge is 0.374 e. The van der Waals surface area contributed by atoms with E-state index >= 15 is 0 Å². The zero-order valence-corrected chi connectivity index (χ0v) is 11.8. The van der Waals surface area contributed by atoms with Crippen molar-refractivity contribution in [3.05, 3.63) is 29.2 Å². The number of hydrogen-bond acceptors (Lipinski definition) is 5. The molecule has 1 aliphatic heterocycles. The zero-order valence-electron chi connectivity index (χ0n) is 11.0. The first-order valence-corrected chi connectivity index (χ1v) is 7.73. The average Bonchev–Trinajstić information content (AvgIpc) is 2.99. The molecule has 19 heavy (non-hydrogen) atoms. The summed E-state index contributed by atoms with van der Waals surface area (Å²) in [5.74, 6) is 0. The lowest BCUT2D eigenvalue weighted by Crippen LogP contribution is -2.42. The molecule has 104 valence electrons. The number of hydrogen-bond donors (Lipinski definition) is 0. The molecule has 0 unspecified atom stereocenters. The van der Waals surface area contributed by atoms with E-state index in [9.17, 15) is 0 Å². The van der Waals surface area contributed by atoms with Crippen LogP contribution < -0.4 is 0 Å². The Bertz CT molecular complexity index is 410. The quantitative estimate of drug-likeness (QED) is 0.774. The van der Waals surface area contributed by atoms with Crippen LogP contribution in [0.15, 0.2) is 24.2 Å². The van der Waals surface area contributed by atoms with Crippen LogP contribution in [0.1, 0.15) is 17.8 Å². The van der Waals surface area contributed by atoms with Gasteiger partial charge in [-0.05, 0) is 12.8 Å². The maximum Gasteiger partial charge on any atom is 0.107 e. The second-order valence-electron chi connectivity index (χ2n) is 5.04. The molecule has 2 bridgehead atoms. The molecule has 3 rings (SSSR count). The molecule has 1 aromatic heterocycles. The summed E-state index contributed by atoms with van der Waals surface area (Å²) in [5.41, 5.74) is 0. The lowest BCUT2D eigenvalue weighted by molar-refractivity contribution is -0.0447. The maximum atomic E-state index is 5.95. The third-order valence-corrected chi connectivity index (χ3v) is 4.66. The van der Waals surface area contributed by atoms with Crippen molar-refractivity contribution in [3.8, 4) is 0 Å². The molecule has 0 spiro atoms. The lowest BCUT2D eigenvalue weighted by Gasteiger charge is -2.30. The Balaban J connectivity index is 1.71. The third-order valence-electron chi connectivity index (χ3n) is 3.90. The number of ether oxygens (including phenoxy) is 2. The van der Waals surface area contributed by atoms with Gasteiger partial charge in [0.25, 0.3) is 0 Å². The number of rotatable bonds is 5. The van der Waals surface area contributed by atoms with Crippen molar-refractivity contribution in [1.82, 2.24) is 9.88 Å². The number of fused-ring (bicyclic) bond motifs is 2. The molecule has 2 fully saturated rings. The van der Waals surface area contributed by atoms with Crippen LogP contribution >= 0.6 is 11.3 Å². The molecule has 0 amide bonds. The molecule has 0 radical (unpaired) electrons. The molecular weight excluding hydrogens is 260 g/mol. The van der Waals surface area contributed by atoms with Crippen LogP contribution in [0, 0.1) is 0 Å². The average molecular weight is 280 g/mol. The normalized spacial score (nSPS) is 31.3. The highest BCUT2D eigenvalue weighted by molar-refractivity contribution is 7.09.